The first-order valence-electron chi connectivity index (χ1n) is 9.96. The zero-order valence-corrected chi connectivity index (χ0v) is 18.6. The summed E-state index contributed by atoms with van der Waals surface area (Å²) in [5.74, 6) is -0.0212. The lowest BCUT2D eigenvalue weighted by molar-refractivity contribution is -0.126. The number of amides is 3. The SMILES string of the molecule is CC(C)NC(=O)C1CCN(C(=O)Nc2ccc(S(=O)(=O)N(C)C(C)C)cc2)CC1. The van der Waals surface area contributed by atoms with E-state index in [1.807, 2.05) is 27.7 Å². The molecule has 1 aromatic carbocycles. The Morgan fingerprint density at radius 2 is 1.62 bits per heavy atom. The standard InChI is InChI=1S/C20H32N4O4S/c1-14(2)21-19(25)16-10-12-24(13-11-16)20(26)22-17-6-8-18(9-7-17)29(27,28)23(5)15(3)4/h6-9,14-16H,10-13H2,1-5H3,(H,21,25)(H,22,26). The van der Waals surface area contributed by atoms with Crippen LogP contribution in [0.4, 0.5) is 10.5 Å². The van der Waals surface area contributed by atoms with Crippen LogP contribution in [0.2, 0.25) is 0 Å². The van der Waals surface area contributed by atoms with Gasteiger partial charge in [-0.3, -0.25) is 4.79 Å². The van der Waals surface area contributed by atoms with E-state index in [-0.39, 0.29) is 34.8 Å². The van der Waals surface area contributed by atoms with E-state index in [1.54, 1.807) is 24.1 Å². The summed E-state index contributed by atoms with van der Waals surface area (Å²) < 4.78 is 26.3. The van der Waals surface area contributed by atoms with Gasteiger partial charge in [0, 0.05) is 43.8 Å². The number of nitrogens with zero attached hydrogens (tertiary/aromatic N) is 2. The minimum Gasteiger partial charge on any atom is -0.354 e. The molecule has 0 aliphatic carbocycles. The normalized spacial score (nSPS) is 15.8. The van der Waals surface area contributed by atoms with Crippen molar-refractivity contribution in [2.75, 3.05) is 25.5 Å². The third kappa shape index (κ3) is 5.93. The molecular formula is C20H32N4O4S. The number of piperidine rings is 1. The highest BCUT2D eigenvalue weighted by molar-refractivity contribution is 7.89. The van der Waals surface area contributed by atoms with E-state index in [0.717, 1.165) is 0 Å². The number of urea groups is 1. The van der Waals surface area contributed by atoms with Crippen molar-refractivity contribution in [1.82, 2.24) is 14.5 Å². The number of hydrogen-bond acceptors (Lipinski definition) is 4. The molecule has 3 amide bonds. The smallest absolute Gasteiger partial charge is 0.321 e. The molecule has 1 aliphatic heterocycles. The number of hydrogen-bond donors (Lipinski definition) is 2. The molecular weight excluding hydrogens is 392 g/mol. The number of carbonyl (C=O) groups is 2. The average molecular weight is 425 g/mol. The maximum absolute atomic E-state index is 12.5. The highest BCUT2D eigenvalue weighted by Gasteiger charge is 2.28. The summed E-state index contributed by atoms with van der Waals surface area (Å²) in [5.41, 5.74) is 0.529. The van der Waals surface area contributed by atoms with E-state index in [2.05, 4.69) is 10.6 Å². The van der Waals surface area contributed by atoms with Crippen molar-refractivity contribution in [3.63, 3.8) is 0 Å². The van der Waals surface area contributed by atoms with Crippen LogP contribution in [-0.2, 0) is 14.8 Å². The van der Waals surface area contributed by atoms with Gasteiger partial charge in [-0.25, -0.2) is 13.2 Å². The lowest BCUT2D eigenvalue weighted by Crippen LogP contribution is -2.45. The molecule has 2 rings (SSSR count). The second-order valence-electron chi connectivity index (χ2n) is 7.99. The molecule has 1 aliphatic rings. The predicted molar refractivity (Wildman–Crippen MR) is 113 cm³/mol. The molecule has 0 bridgehead atoms. The molecule has 1 fully saturated rings. The van der Waals surface area contributed by atoms with Gasteiger partial charge in [-0.05, 0) is 64.8 Å². The second-order valence-corrected chi connectivity index (χ2v) is 9.99. The Hall–Kier alpha value is -2.13. The van der Waals surface area contributed by atoms with Crippen LogP contribution in [0.5, 0.6) is 0 Å². The fourth-order valence-corrected chi connectivity index (χ4v) is 4.47. The third-order valence-electron chi connectivity index (χ3n) is 5.09. The van der Waals surface area contributed by atoms with Crippen molar-refractivity contribution in [2.45, 2.75) is 57.5 Å². The molecule has 9 heteroatoms. The van der Waals surface area contributed by atoms with Crippen molar-refractivity contribution in [2.24, 2.45) is 5.92 Å². The van der Waals surface area contributed by atoms with Crippen molar-refractivity contribution in [3.05, 3.63) is 24.3 Å². The fraction of sp³-hybridized carbons (Fsp3) is 0.600. The third-order valence-corrected chi connectivity index (χ3v) is 7.14. The van der Waals surface area contributed by atoms with E-state index in [0.29, 0.717) is 31.6 Å². The first kappa shape index (κ1) is 23.2. The van der Waals surface area contributed by atoms with Gasteiger partial charge in [-0.1, -0.05) is 0 Å². The number of likely N-dealkylation sites (tertiary alicyclic amines) is 1. The summed E-state index contributed by atoms with van der Waals surface area (Å²) in [6.45, 7) is 8.49. The van der Waals surface area contributed by atoms with E-state index in [9.17, 15) is 18.0 Å². The Balaban J connectivity index is 1.93. The lowest BCUT2D eigenvalue weighted by atomic mass is 9.96. The van der Waals surface area contributed by atoms with Crippen LogP contribution >= 0.6 is 0 Å². The average Bonchev–Trinajstić information content (AvgIpc) is 2.67. The van der Waals surface area contributed by atoms with E-state index in [4.69, 9.17) is 0 Å². The number of sulfonamides is 1. The molecule has 1 saturated heterocycles. The molecule has 8 nitrogen and oxygen atoms in total. The molecule has 0 radical (unpaired) electrons. The van der Waals surface area contributed by atoms with Crippen LogP contribution in [0, 0.1) is 5.92 Å². The van der Waals surface area contributed by atoms with E-state index < -0.39 is 10.0 Å². The molecule has 2 N–H and O–H groups in total. The van der Waals surface area contributed by atoms with Gasteiger partial charge in [0.25, 0.3) is 0 Å². The van der Waals surface area contributed by atoms with Gasteiger partial charge in [-0.2, -0.15) is 4.31 Å². The van der Waals surface area contributed by atoms with Gasteiger partial charge in [0.2, 0.25) is 15.9 Å². The second kappa shape index (κ2) is 9.58. The Labute approximate surface area is 173 Å². The molecule has 29 heavy (non-hydrogen) atoms. The van der Waals surface area contributed by atoms with E-state index in [1.165, 1.54) is 16.4 Å². The number of benzene rings is 1. The van der Waals surface area contributed by atoms with E-state index >= 15 is 0 Å². The molecule has 1 heterocycles. The van der Waals surface area contributed by atoms with Crippen molar-refractivity contribution in [1.29, 1.82) is 0 Å². The zero-order valence-electron chi connectivity index (χ0n) is 17.8. The quantitative estimate of drug-likeness (QED) is 0.733. The van der Waals surface area contributed by atoms with Gasteiger partial charge >= 0.3 is 6.03 Å². The van der Waals surface area contributed by atoms with Crippen molar-refractivity contribution < 1.29 is 18.0 Å². The minimum atomic E-state index is -3.55. The highest BCUT2D eigenvalue weighted by atomic mass is 32.2. The Morgan fingerprint density at radius 3 is 2.10 bits per heavy atom. The molecule has 162 valence electrons. The predicted octanol–water partition coefficient (Wildman–Crippen LogP) is 2.48. The first-order valence-corrected chi connectivity index (χ1v) is 11.4. The lowest BCUT2D eigenvalue weighted by Gasteiger charge is -2.31. The highest BCUT2D eigenvalue weighted by Crippen LogP contribution is 2.21. The van der Waals surface area contributed by atoms with Crippen molar-refractivity contribution >= 4 is 27.6 Å². The topological polar surface area (TPSA) is 98.8 Å². The van der Waals surface area contributed by atoms with Gasteiger partial charge < -0.3 is 15.5 Å². The monoisotopic (exact) mass is 424 g/mol. The van der Waals surface area contributed by atoms with Gasteiger partial charge in [0.15, 0.2) is 0 Å². The Kier molecular flexibility index (Phi) is 7.65. The fourth-order valence-electron chi connectivity index (χ4n) is 3.10. The van der Waals surface area contributed by atoms with Crippen LogP contribution < -0.4 is 10.6 Å². The van der Waals surface area contributed by atoms with Gasteiger partial charge in [0.05, 0.1) is 4.90 Å². The summed E-state index contributed by atoms with van der Waals surface area (Å²) in [4.78, 5) is 26.4. The molecule has 0 spiro atoms. The number of carbonyl (C=O) groups excluding carboxylic acids is 2. The maximum atomic E-state index is 12.5. The van der Waals surface area contributed by atoms with Gasteiger partial charge in [-0.15, -0.1) is 0 Å². The first-order chi connectivity index (χ1) is 13.5. The summed E-state index contributed by atoms with van der Waals surface area (Å²) in [6, 6.07) is 5.87. The van der Waals surface area contributed by atoms with Crippen molar-refractivity contribution in [3.8, 4) is 0 Å². The number of nitrogens with one attached hydrogen (secondary N) is 2. The Morgan fingerprint density at radius 1 is 1.07 bits per heavy atom. The summed E-state index contributed by atoms with van der Waals surface area (Å²) >= 11 is 0. The van der Waals surface area contributed by atoms with Crippen LogP contribution in [-0.4, -0.2) is 61.8 Å². The summed E-state index contributed by atoms with van der Waals surface area (Å²) in [7, 11) is -2.01. The number of anilines is 1. The largest absolute Gasteiger partial charge is 0.354 e. The van der Waals surface area contributed by atoms with Gasteiger partial charge in [0.1, 0.15) is 0 Å². The molecule has 0 unspecified atom stereocenters. The van der Waals surface area contributed by atoms with Crippen LogP contribution in [0.25, 0.3) is 0 Å². The van der Waals surface area contributed by atoms with Crippen LogP contribution in [0.1, 0.15) is 40.5 Å². The summed E-state index contributed by atoms with van der Waals surface area (Å²) in [6.07, 6.45) is 1.26. The molecule has 0 atom stereocenters. The molecule has 0 aromatic heterocycles. The molecule has 0 saturated carbocycles. The molecule has 1 aromatic rings. The number of rotatable bonds is 6. The minimum absolute atomic E-state index is 0.0446. The summed E-state index contributed by atoms with van der Waals surface area (Å²) in [5, 5.41) is 5.71. The Bertz CT molecular complexity index is 813. The van der Waals surface area contributed by atoms with Crippen LogP contribution in [0.15, 0.2) is 29.2 Å². The zero-order chi connectivity index (χ0) is 21.8. The maximum Gasteiger partial charge on any atom is 0.321 e. The van der Waals surface area contributed by atoms with Crippen LogP contribution in [0.3, 0.4) is 0 Å².